The highest BCUT2D eigenvalue weighted by atomic mass is 16.5. The van der Waals surface area contributed by atoms with E-state index in [2.05, 4.69) is 4.98 Å². The molecule has 108 valence electrons. The average Bonchev–Trinajstić information content (AvgIpc) is 2.80. The van der Waals surface area contributed by atoms with Gasteiger partial charge in [0.05, 0.1) is 6.61 Å². The van der Waals surface area contributed by atoms with Gasteiger partial charge in [0.15, 0.2) is 5.60 Å². The number of fused-ring (bicyclic) bond motifs is 1. The molecular weight excluding hydrogens is 254 g/mol. The number of aromatic amines is 1. The molecule has 1 aromatic heterocycles. The van der Waals surface area contributed by atoms with Crippen molar-refractivity contribution in [2.45, 2.75) is 33.3 Å². The van der Waals surface area contributed by atoms with E-state index >= 15 is 0 Å². The number of benzene rings is 1. The molecule has 1 heterocycles. The molecule has 0 saturated carbocycles. The van der Waals surface area contributed by atoms with E-state index in [1.807, 2.05) is 45.0 Å². The third kappa shape index (κ3) is 2.10. The van der Waals surface area contributed by atoms with E-state index in [9.17, 15) is 9.90 Å². The van der Waals surface area contributed by atoms with E-state index in [-0.39, 0.29) is 6.61 Å². The Hall–Kier alpha value is -1.81. The van der Waals surface area contributed by atoms with Gasteiger partial charge in [-0.2, -0.15) is 0 Å². The number of aliphatic hydroxyl groups is 1. The van der Waals surface area contributed by atoms with E-state index in [1.54, 1.807) is 13.1 Å². The molecule has 1 unspecified atom stereocenters. The summed E-state index contributed by atoms with van der Waals surface area (Å²) in [5.41, 5.74) is -0.944. The number of nitrogens with one attached hydrogen (secondary N) is 1. The summed E-state index contributed by atoms with van der Waals surface area (Å²) in [6, 6.07) is 7.58. The molecule has 2 aromatic rings. The Morgan fingerprint density at radius 1 is 1.30 bits per heavy atom. The zero-order valence-electron chi connectivity index (χ0n) is 12.4. The van der Waals surface area contributed by atoms with Crippen molar-refractivity contribution in [3.63, 3.8) is 0 Å². The van der Waals surface area contributed by atoms with Gasteiger partial charge in [0.1, 0.15) is 0 Å². The maximum atomic E-state index is 12.4. The van der Waals surface area contributed by atoms with Crippen LogP contribution in [0, 0.1) is 5.41 Å². The summed E-state index contributed by atoms with van der Waals surface area (Å²) in [4.78, 5) is 15.5. The van der Waals surface area contributed by atoms with Gasteiger partial charge in [-0.15, -0.1) is 0 Å². The van der Waals surface area contributed by atoms with Crippen molar-refractivity contribution in [1.82, 2.24) is 4.98 Å². The Morgan fingerprint density at radius 3 is 2.55 bits per heavy atom. The van der Waals surface area contributed by atoms with Gasteiger partial charge in [-0.1, -0.05) is 39.0 Å². The molecule has 0 radical (unpaired) electrons. The van der Waals surface area contributed by atoms with E-state index in [0.29, 0.717) is 5.56 Å². The Morgan fingerprint density at radius 2 is 1.95 bits per heavy atom. The predicted molar refractivity (Wildman–Crippen MR) is 78.3 cm³/mol. The molecule has 2 rings (SSSR count). The topological polar surface area (TPSA) is 62.3 Å². The molecule has 0 fully saturated rings. The second-order valence-corrected chi connectivity index (χ2v) is 5.93. The van der Waals surface area contributed by atoms with E-state index in [4.69, 9.17) is 4.74 Å². The van der Waals surface area contributed by atoms with Crippen LogP contribution in [0.4, 0.5) is 0 Å². The monoisotopic (exact) mass is 275 g/mol. The maximum Gasteiger partial charge on any atom is 0.343 e. The van der Waals surface area contributed by atoms with Crippen LogP contribution in [-0.2, 0) is 15.1 Å². The van der Waals surface area contributed by atoms with Gasteiger partial charge in [0.2, 0.25) is 0 Å². The fraction of sp³-hybridized carbons (Fsp3) is 0.438. The van der Waals surface area contributed by atoms with Gasteiger partial charge in [0, 0.05) is 28.1 Å². The summed E-state index contributed by atoms with van der Waals surface area (Å²) in [6.45, 7) is 7.44. The third-order valence-electron chi connectivity index (χ3n) is 3.64. The lowest BCUT2D eigenvalue weighted by molar-refractivity contribution is -0.179. The fourth-order valence-electron chi connectivity index (χ4n) is 2.43. The summed E-state index contributed by atoms with van der Waals surface area (Å²) in [6.07, 6.45) is 1.69. The first-order chi connectivity index (χ1) is 9.32. The molecular formula is C16H21NO3. The molecule has 0 saturated heterocycles. The Bertz CT molecular complexity index is 624. The summed E-state index contributed by atoms with van der Waals surface area (Å²) in [5.74, 6) is -0.614. The largest absolute Gasteiger partial charge is 0.464 e. The first-order valence-corrected chi connectivity index (χ1v) is 6.78. The van der Waals surface area contributed by atoms with Crippen molar-refractivity contribution < 1.29 is 14.6 Å². The molecule has 20 heavy (non-hydrogen) atoms. The third-order valence-corrected chi connectivity index (χ3v) is 3.64. The number of hydrogen-bond acceptors (Lipinski definition) is 3. The van der Waals surface area contributed by atoms with Crippen molar-refractivity contribution in [3.8, 4) is 0 Å². The SMILES string of the molecule is CCOC(=O)C(O)(c1c[nH]c2ccccc12)C(C)(C)C. The van der Waals surface area contributed by atoms with Crippen LogP contribution >= 0.6 is 0 Å². The second-order valence-electron chi connectivity index (χ2n) is 5.93. The highest BCUT2D eigenvalue weighted by Gasteiger charge is 2.51. The molecule has 1 aromatic carbocycles. The minimum absolute atomic E-state index is 0.236. The first-order valence-electron chi connectivity index (χ1n) is 6.78. The van der Waals surface area contributed by atoms with Gasteiger partial charge >= 0.3 is 5.97 Å². The summed E-state index contributed by atoms with van der Waals surface area (Å²) >= 11 is 0. The molecule has 0 aliphatic heterocycles. The van der Waals surface area contributed by atoms with Crippen LogP contribution in [0.15, 0.2) is 30.5 Å². The lowest BCUT2D eigenvalue weighted by Gasteiger charge is -2.37. The van der Waals surface area contributed by atoms with Crippen LogP contribution in [0.5, 0.6) is 0 Å². The van der Waals surface area contributed by atoms with Crippen molar-refractivity contribution in [1.29, 1.82) is 0 Å². The number of rotatable bonds is 3. The molecule has 1 atom stereocenters. The van der Waals surface area contributed by atoms with Crippen LogP contribution in [0.3, 0.4) is 0 Å². The van der Waals surface area contributed by atoms with Crippen molar-refractivity contribution in [3.05, 3.63) is 36.0 Å². The number of H-pyrrole nitrogens is 1. The summed E-state index contributed by atoms with van der Waals surface area (Å²) in [7, 11) is 0. The predicted octanol–water partition coefficient (Wildman–Crippen LogP) is 2.96. The molecule has 4 nitrogen and oxygen atoms in total. The van der Waals surface area contributed by atoms with Crippen LogP contribution in [0.1, 0.15) is 33.3 Å². The van der Waals surface area contributed by atoms with Crippen LogP contribution in [-0.4, -0.2) is 22.7 Å². The van der Waals surface area contributed by atoms with Gasteiger partial charge in [-0.3, -0.25) is 0 Å². The van der Waals surface area contributed by atoms with Crippen LogP contribution < -0.4 is 0 Å². The lowest BCUT2D eigenvalue weighted by atomic mass is 9.72. The van der Waals surface area contributed by atoms with Gasteiger partial charge in [0.25, 0.3) is 0 Å². The number of carbonyl (C=O) groups excluding carboxylic acids is 1. The zero-order chi connectivity index (χ0) is 15.0. The van der Waals surface area contributed by atoms with Crippen molar-refractivity contribution >= 4 is 16.9 Å². The van der Waals surface area contributed by atoms with Gasteiger partial charge in [-0.25, -0.2) is 4.79 Å². The van der Waals surface area contributed by atoms with Crippen molar-refractivity contribution in [2.75, 3.05) is 6.61 Å². The minimum Gasteiger partial charge on any atom is -0.464 e. The fourth-order valence-corrected chi connectivity index (χ4v) is 2.43. The maximum absolute atomic E-state index is 12.4. The Labute approximate surface area is 118 Å². The Balaban J connectivity index is 2.66. The number of esters is 1. The number of hydrogen-bond donors (Lipinski definition) is 2. The second kappa shape index (κ2) is 4.94. The molecule has 0 spiro atoms. The molecule has 0 aliphatic carbocycles. The zero-order valence-corrected chi connectivity index (χ0v) is 12.4. The van der Waals surface area contributed by atoms with Crippen molar-refractivity contribution in [2.24, 2.45) is 5.41 Å². The van der Waals surface area contributed by atoms with Crippen LogP contribution in [0.25, 0.3) is 10.9 Å². The number of carbonyl (C=O) groups is 1. The van der Waals surface area contributed by atoms with E-state index < -0.39 is 17.0 Å². The minimum atomic E-state index is -1.69. The Kier molecular flexibility index (Phi) is 3.61. The van der Waals surface area contributed by atoms with Gasteiger partial charge in [-0.05, 0) is 13.0 Å². The standard InChI is InChI=1S/C16H21NO3/c1-5-20-14(18)16(19,15(2,3)4)12-10-17-13-9-7-6-8-11(12)13/h6-10,17,19H,5H2,1-4H3. The smallest absolute Gasteiger partial charge is 0.343 e. The summed E-state index contributed by atoms with van der Waals surface area (Å²) in [5, 5.41) is 11.9. The average molecular weight is 275 g/mol. The quantitative estimate of drug-likeness (QED) is 0.846. The molecule has 0 bridgehead atoms. The number of para-hydroxylation sites is 1. The van der Waals surface area contributed by atoms with E-state index in [1.165, 1.54) is 0 Å². The normalized spacial score (nSPS) is 15.1. The highest BCUT2D eigenvalue weighted by Crippen LogP contribution is 2.43. The highest BCUT2D eigenvalue weighted by molar-refractivity contribution is 5.92. The summed E-state index contributed by atoms with van der Waals surface area (Å²) < 4.78 is 5.10. The number of ether oxygens (including phenoxy) is 1. The molecule has 0 aliphatic rings. The molecule has 2 N–H and O–H groups in total. The lowest BCUT2D eigenvalue weighted by Crippen LogP contribution is -2.48. The van der Waals surface area contributed by atoms with Gasteiger partial charge < -0.3 is 14.8 Å². The molecule has 4 heteroatoms. The van der Waals surface area contributed by atoms with E-state index in [0.717, 1.165) is 10.9 Å². The number of aromatic nitrogens is 1. The first kappa shape index (κ1) is 14.6. The van der Waals surface area contributed by atoms with Crippen LogP contribution in [0.2, 0.25) is 0 Å². The molecule has 0 amide bonds.